The lowest BCUT2D eigenvalue weighted by Gasteiger charge is -2.22. The van der Waals surface area contributed by atoms with Crippen molar-refractivity contribution in [1.82, 2.24) is 25.1 Å². The summed E-state index contributed by atoms with van der Waals surface area (Å²) in [4.78, 5) is 16.8. The SMILES string of the molecule is C[C@H](Sc1nnc(-c2ccncc2)n1-c1ccc(F)cc1)C(=O)NCC1CCCCC1. The maximum Gasteiger partial charge on any atom is 0.233 e. The van der Waals surface area contributed by atoms with Crippen LogP contribution in [-0.4, -0.2) is 37.5 Å². The molecule has 1 aliphatic rings. The summed E-state index contributed by atoms with van der Waals surface area (Å²) in [6.07, 6.45) is 9.56. The van der Waals surface area contributed by atoms with Gasteiger partial charge in [-0.05, 0) is 62.1 Å². The van der Waals surface area contributed by atoms with Crippen molar-refractivity contribution >= 4 is 17.7 Å². The van der Waals surface area contributed by atoms with E-state index >= 15 is 0 Å². The number of thioether (sulfide) groups is 1. The number of carbonyl (C=O) groups excluding carboxylic acids is 1. The number of nitrogens with one attached hydrogen (secondary N) is 1. The average Bonchev–Trinajstić information content (AvgIpc) is 3.22. The smallest absolute Gasteiger partial charge is 0.233 e. The summed E-state index contributed by atoms with van der Waals surface area (Å²) in [6.45, 7) is 2.60. The zero-order valence-corrected chi connectivity index (χ0v) is 18.3. The first-order valence-corrected chi connectivity index (χ1v) is 11.6. The second-order valence-electron chi connectivity index (χ2n) is 7.86. The number of amides is 1. The molecule has 6 nitrogen and oxygen atoms in total. The number of halogens is 1. The number of carbonyl (C=O) groups is 1. The predicted octanol–water partition coefficient (Wildman–Crippen LogP) is 4.65. The van der Waals surface area contributed by atoms with Crippen LogP contribution in [0.15, 0.2) is 53.9 Å². The molecule has 2 aromatic heterocycles. The molecule has 0 bridgehead atoms. The number of nitrogens with zero attached hydrogens (tertiary/aromatic N) is 4. The quantitative estimate of drug-likeness (QED) is 0.543. The predicted molar refractivity (Wildman–Crippen MR) is 119 cm³/mol. The highest BCUT2D eigenvalue weighted by Crippen LogP contribution is 2.30. The summed E-state index contributed by atoms with van der Waals surface area (Å²) >= 11 is 1.35. The van der Waals surface area contributed by atoms with Gasteiger partial charge in [0.2, 0.25) is 5.91 Å². The molecular formula is C23H26FN5OS. The van der Waals surface area contributed by atoms with Crippen LogP contribution in [-0.2, 0) is 4.79 Å². The van der Waals surface area contributed by atoms with Gasteiger partial charge in [-0.15, -0.1) is 10.2 Å². The Hall–Kier alpha value is -2.74. The molecule has 162 valence electrons. The molecule has 1 N–H and O–H groups in total. The summed E-state index contributed by atoms with van der Waals surface area (Å²) in [5.74, 6) is 0.879. The van der Waals surface area contributed by atoms with Crippen LogP contribution in [0, 0.1) is 11.7 Å². The average molecular weight is 440 g/mol. The molecule has 31 heavy (non-hydrogen) atoms. The Morgan fingerprint density at radius 1 is 1.13 bits per heavy atom. The Balaban J connectivity index is 1.54. The summed E-state index contributed by atoms with van der Waals surface area (Å²) in [7, 11) is 0. The third-order valence-corrected chi connectivity index (χ3v) is 6.64. The zero-order chi connectivity index (χ0) is 21.6. The van der Waals surface area contributed by atoms with Gasteiger partial charge in [-0.25, -0.2) is 4.39 Å². The summed E-state index contributed by atoms with van der Waals surface area (Å²) in [6, 6.07) is 9.86. The van der Waals surface area contributed by atoms with Gasteiger partial charge in [-0.2, -0.15) is 0 Å². The number of rotatable bonds is 7. The van der Waals surface area contributed by atoms with Crippen LogP contribution in [0.1, 0.15) is 39.0 Å². The Morgan fingerprint density at radius 3 is 2.55 bits per heavy atom. The van der Waals surface area contributed by atoms with Gasteiger partial charge in [0.05, 0.1) is 5.25 Å². The van der Waals surface area contributed by atoms with E-state index in [2.05, 4.69) is 20.5 Å². The lowest BCUT2D eigenvalue weighted by atomic mass is 9.89. The number of hydrogen-bond acceptors (Lipinski definition) is 5. The number of hydrogen-bond donors (Lipinski definition) is 1. The minimum absolute atomic E-state index is 0.00492. The van der Waals surface area contributed by atoms with Crippen LogP contribution in [0.5, 0.6) is 0 Å². The third-order valence-electron chi connectivity index (χ3n) is 5.60. The van der Waals surface area contributed by atoms with E-state index in [9.17, 15) is 9.18 Å². The molecule has 0 unspecified atom stereocenters. The van der Waals surface area contributed by atoms with Crippen molar-refractivity contribution in [2.45, 2.75) is 49.4 Å². The second kappa shape index (κ2) is 10.0. The number of benzene rings is 1. The van der Waals surface area contributed by atoms with E-state index in [1.807, 2.05) is 23.6 Å². The molecule has 1 amide bonds. The fourth-order valence-corrected chi connectivity index (χ4v) is 4.74. The lowest BCUT2D eigenvalue weighted by molar-refractivity contribution is -0.120. The number of aromatic nitrogens is 4. The van der Waals surface area contributed by atoms with E-state index in [0.29, 0.717) is 16.9 Å². The maximum atomic E-state index is 13.5. The molecule has 1 aromatic carbocycles. The van der Waals surface area contributed by atoms with Crippen molar-refractivity contribution in [2.24, 2.45) is 5.92 Å². The zero-order valence-electron chi connectivity index (χ0n) is 17.5. The van der Waals surface area contributed by atoms with Crippen molar-refractivity contribution in [1.29, 1.82) is 0 Å². The molecule has 1 atom stereocenters. The van der Waals surface area contributed by atoms with E-state index in [1.54, 1.807) is 24.5 Å². The third kappa shape index (κ3) is 5.31. The highest BCUT2D eigenvalue weighted by atomic mass is 32.2. The molecule has 3 aromatic rings. The van der Waals surface area contributed by atoms with Crippen molar-refractivity contribution in [3.05, 3.63) is 54.6 Å². The minimum atomic E-state index is -0.336. The molecule has 0 radical (unpaired) electrons. The van der Waals surface area contributed by atoms with Gasteiger partial charge >= 0.3 is 0 Å². The lowest BCUT2D eigenvalue weighted by Crippen LogP contribution is -2.35. The molecule has 0 spiro atoms. The van der Waals surface area contributed by atoms with Crippen LogP contribution < -0.4 is 5.32 Å². The molecule has 2 heterocycles. The van der Waals surface area contributed by atoms with Crippen molar-refractivity contribution in [3.63, 3.8) is 0 Å². The second-order valence-corrected chi connectivity index (χ2v) is 9.17. The summed E-state index contributed by atoms with van der Waals surface area (Å²) in [5.41, 5.74) is 1.57. The first-order chi connectivity index (χ1) is 15.1. The van der Waals surface area contributed by atoms with Gasteiger partial charge in [-0.1, -0.05) is 31.0 Å². The van der Waals surface area contributed by atoms with Gasteiger partial charge in [-0.3, -0.25) is 14.3 Å². The van der Waals surface area contributed by atoms with E-state index in [4.69, 9.17) is 0 Å². The summed E-state index contributed by atoms with van der Waals surface area (Å²) < 4.78 is 15.4. The molecule has 1 fully saturated rings. The van der Waals surface area contributed by atoms with Gasteiger partial charge in [0.15, 0.2) is 11.0 Å². The molecule has 0 aliphatic heterocycles. The van der Waals surface area contributed by atoms with Crippen LogP contribution in [0.4, 0.5) is 4.39 Å². The number of pyridine rings is 1. The van der Waals surface area contributed by atoms with E-state index in [0.717, 1.165) is 17.8 Å². The van der Waals surface area contributed by atoms with Crippen molar-refractivity contribution in [2.75, 3.05) is 6.54 Å². The highest BCUT2D eigenvalue weighted by molar-refractivity contribution is 8.00. The monoisotopic (exact) mass is 439 g/mol. The van der Waals surface area contributed by atoms with Crippen molar-refractivity contribution < 1.29 is 9.18 Å². The van der Waals surface area contributed by atoms with Crippen LogP contribution in [0.3, 0.4) is 0 Å². The van der Waals surface area contributed by atoms with Gasteiger partial charge in [0.25, 0.3) is 0 Å². The Kier molecular flexibility index (Phi) is 6.96. The Bertz CT molecular complexity index is 1000. The first-order valence-electron chi connectivity index (χ1n) is 10.7. The van der Waals surface area contributed by atoms with Gasteiger partial charge in [0, 0.05) is 30.2 Å². The van der Waals surface area contributed by atoms with Crippen molar-refractivity contribution in [3.8, 4) is 17.1 Å². The first kappa shape index (κ1) is 21.5. The fourth-order valence-electron chi connectivity index (χ4n) is 3.85. The molecule has 1 aliphatic carbocycles. The van der Waals surface area contributed by atoms with E-state index in [1.165, 1.54) is 56.0 Å². The molecular weight excluding hydrogens is 413 g/mol. The molecule has 0 saturated heterocycles. The van der Waals surface area contributed by atoms with E-state index in [-0.39, 0.29) is 17.0 Å². The van der Waals surface area contributed by atoms with Crippen LogP contribution >= 0.6 is 11.8 Å². The largest absolute Gasteiger partial charge is 0.355 e. The van der Waals surface area contributed by atoms with E-state index < -0.39 is 0 Å². The molecule has 8 heteroatoms. The van der Waals surface area contributed by atoms with Gasteiger partial charge in [0.1, 0.15) is 5.82 Å². The van der Waals surface area contributed by atoms with Crippen LogP contribution in [0.2, 0.25) is 0 Å². The van der Waals surface area contributed by atoms with Crippen LogP contribution in [0.25, 0.3) is 17.1 Å². The normalized spacial score (nSPS) is 15.5. The molecule has 4 rings (SSSR count). The standard InChI is InChI=1S/C23H26FN5OS/c1-16(22(30)26-15-17-5-3-2-4-6-17)31-23-28-27-21(18-11-13-25-14-12-18)29(23)20-9-7-19(24)8-10-20/h7-14,16-17H,2-6,15H2,1H3,(H,26,30)/t16-/m0/s1. The highest BCUT2D eigenvalue weighted by Gasteiger charge is 2.23. The van der Waals surface area contributed by atoms with Gasteiger partial charge < -0.3 is 5.32 Å². The Labute approximate surface area is 185 Å². The maximum absolute atomic E-state index is 13.5. The summed E-state index contributed by atoms with van der Waals surface area (Å²) in [5, 5.41) is 12.1. The Morgan fingerprint density at radius 2 is 1.84 bits per heavy atom. The minimum Gasteiger partial charge on any atom is -0.355 e. The molecule has 1 saturated carbocycles. The topological polar surface area (TPSA) is 72.7 Å². The fraction of sp³-hybridized carbons (Fsp3) is 0.391.